The fourth-order valence-electron chi connectivity index (χ4n) is 1.58. The molecule has 0 radical (unpaired) electrons. The Hall–Kier alpha value is -0.0900. The molecule has 1 saturated heterocycles. The lowest BCUT2D eigenvalue weighted by molar-refractivity contribution is 0.409. The van der Waals surface area contributed by atoms with Crippen LogP contribution in [0.15, 0.2) is 0 Å². The van der Waals surface area contributed by atoms with Crippen LogP contribution in [0.4, 0.5) is 0 Å². The summed E-state index contributed by atoms with van der Waals surface area (Å²) in [4.78, 5) is 0. The van der Waals surface area contributed by atoms with Crippen LogP contribution in [0.25, 0.3) is 0 Å². The van der Waals surface area contributed by atoms with Crippen molar-refractivity contribution in [2.75, 3.05) is 18.1 Å². The highest BCUT2D eigenvalue weighted by atomic mass is 32.2. The highest BCUT2D eigenvalue weighted by molar-refractivity contribution is 7.91. The molecule has 0 spiro atoms. The predicted molar refractivity (Wildman–Crippen MR) is 45.4 cm³/mol. The lowest BCUT2D eigenvalue weighted by atomic mass is 10.0. The van der Waals surface area contributed by atoms with E-state index in [9.17, 15) is 8.42 Å². The molecule has 0 bridgehead atoms. The van der Waals surface area contributed by atoms with Crippen LogP contribution in [0.5, 0.6) is 0 Å². The maximum absolute atomic E-state index is 11.1. The minimum Gasteiger partial charge on any atom is -0.311 e. The molecule has 4 heteroatoms. The summed E-state index contributed by atoms with van der Waals surface area (Å²) in [6.07, 6.45) is 0.753. The van der Waals surface area contributed by atoms with E-state index < -0.39 is 9.84 Å². The third-order valence-electron chi connectivity index (χ3n) is 2.11. The van der Waals surface area contributed by atoms with E-state index in [0.29, 0.717) is 11.5 Å². The molecule has 66 valence electrons. The van der Waals surface area contributed by atoms with Gasteiger partial charge in [-0.3, -0.25) is 0 Å². The summed E-state index contributed by atoms with van der Waals surface area (Å²) >= 11 is 0. The van der Waals surface area contributed by atoms with E-state index in [0.717, 1.165) is 13.0 Å². The standard InChI is InChI=1S/C7H15NO2S/c1-3-8-7(2)4-5-11(9,10)6-7/h8H,3-6H2,1-2H3. The van der Waals surface area contributed by atoms with Crippen LogP contribution in [-0.2, 0) is 9.84 Å². The molecule has 1 heterocycles. The minimum absolute atomic E-state index is 0.159. The van der Waals surface area contributed by atoms with Crippen LogP contribution in [0.3, 0.4) is 0 Å². The van der Waals surface area contributed by atoms with Crippen molar-refractivity contribution in [3.63, 3.8) is 0 Å². The number of sulfone groups is 1. The third kappa shape index (κ3) is 2.17. The zero-order valence-corrected chi connectivity index (χ0v) is 7.87. The molecule has 1 aliphatic heterocycles. The van der Waals surface area contributed by atoms with Crippen LogP contribution < -0.4 is 5.32 Å². The van der Waals surface area contributed by atoms with Crippen molar-refractivity contribution in [1.29, 1.82) is 0 Å². The fraction of sp³-hybridized carbons (Fsp3) is 1.00. The summed E-state index contributed by atoms with van der Waals surface area (Å²) in [6, 6.07) is 0. The average molecular weight is 177 g/mol. The summed E-state index contributed by atoms with van der Waals surface area (Å²) in [5.74, 6) is 0.643. The molecule has 0 amide bonds. The zero-order chi connectivity index (χ0) is 8.54. The van der Waals surface area contributed by atoms with Crippen LogP contribution in [0, 0.1) is 0 Å². The Morgan fingerprint density at radius 2 is 2.18 bits per heavy atom. The molecule has 3 nitrogen and oxygen atoms in total. The van der Waals surface area contributed by atoms with Gasteiger partial charge in [0.15, 0.2) is 9.84 Å². The molecule has 0 saturated carbocycles. The van der Waals surface area contributed by atoms with Gasteiger partial charge in [0, 0.05) is 5.54 Å². The SMILES string of the molecule is CCNC1(C)CCS(=O)(=O)C1. The maximum atomic E-state index is 11.1. The smallest absolute Gasteiger partial charge is 0.152 e. The van der Waals surface area contributed by atoms with E-state index in [-0.39, 0.29) is 5.54 Å². The van der Waals surface area contributed by atoms with Gasteiger partial charge in [-0.15, -0.1) is 0 Å². The first kappa shape index (κ1) is 9.00. The van der Waals surface area contributed by atoms with Gasteiger partial charge in [-0.05, 0) is 19.9 Å². The largest absolute Gasteiger partial charge is 0.311 e. The number of rotatable bonds is 2. The first-order valence-corrected chi connectivity index (χ1v) is 5.75. The van der Waals surface area contributed by atoms with Crippen molar-refractivity contribution in [1.82, 2.24) is 5.32 Å². The second kappa shape index (κ2) is 2.75. The summed E-state index contributed by atoms with van der Waals surface area (Å²) in [5, 5.41) is 3.20. The summed E-state index contributed by atoms with van der Waals surface area (Å²) in [5.41, 5.74) is -0.159. The van der Waals surface area contributed by atoms with Gasteiger partial charge in [0.1, 0.15) is 0 Å². The molecule has 1 fully saturated rings. The van der Waals surface area contributed by atoms with Gasteiger partial charge in [0.2, 0.25) is 0 Å². The minimum atomic E-state index is -2.74. The Morgan fingerprint density at radius 1 is 1.55 bits per heavy atom. The number of hydrogen-bond donors (Lipinski definition) is 1. The average Bonchev–Trinajstić information content (AvgIpc) is 2.07. The van der Waals surface area contributed by atoms with Gasteiger partial charge in [-0.1, -0.05) is 6.92 Å². The van der Waals surface area contributed by atoms with Gasteiger partial charge < -0.3 is 5.32 Å². The van der Waals surface area contributed by atoms with E-state index in [4.69, 9.17) is 0 Å². The van der Waals surface area contributed by atoms with Crippen molar-refractivity contribution < 1.29 is 8.42 Å². The predicted octanol–water partition coefficient (Wildman–Crippen LogP) is 0.173. The van der Waals surface area contributed by atoms with Crippen molar-refractivity contribution in [2.45, 2.75) is 25.8 Å². The fourth-order valence-corrected chi connectivity index (χ4v) is 3.70. The highest BCUT2D eigenvalue weighted by Gasteiger charge is 2.37. The monoisotopic (exact) mass is 177 g/mol. The first-order valence-electron chi connectivity index (χ1n) is 3.93. The number of nitrogens with one attached hydrogen (secondary N) is 1. The first-order chi connectivity index (χ1) is 4.97. The lowest BCUT2D eigenvalue weighted by Crippen LogP contribution is -2.43. The van der Waals surface area contributed by atoms with Crippen molar-refractivity contribution in [3.8, 4) is 0 Å². The van der Waals surface area contributed by atoms with Crippen molar-refractivity contribution >= 4 is 9.84 Å². The summed E-state index contributed by atoms with van der Waals surface area (Å²) < 4.78 is 22.2. The zero-order valence-electron chi connectivity index (χ0n) is 7.05. The van der Waals surface area contributed by atoms with E-state index in [1.807, 2.05) is 13.8 Å². The lowest BCUT2D eigenvalue weighted by Gasteiger charge is -2.22. The topological polar surface area (TPSA) is 46.2 Å². The molecular weight excluding hydrogens is 162 g/mol. The Balaban J connectivity index is 2.65. The van der Waals surface area contributed by atoms with E-state index in [2.05, 4.69) is 5.32 Å². The molecule has 0 aromatic heterocycles. The van der Waals surface area contributed by atoms with Gasteiger partial charge in [-0.25, -0.2) is 8.42 Å². The Morgan fingerprint density at radius 3 is 2.55 bits per heavy atom. The quantitative estimate of drug-likeness (QED) is 0.654. The number of hydrogen-bond acceptors (Lipinski definition) is 3. The van der Waals surface area contributed by atoms with E-state index in [1.54, 1.807) is 0 Å². The second-order valence-electron chi connectivity index (χ2n) is 3.43. The Bertz CT molecular complexity index is 235. The van der Waals surface area contributed by atoms with E-state index >= 15 is 0 Å². The maximum Gasteiger partial charge on any atom is 0.152 e. The normalized spacial score (nSPS) is 35.8. The van der Waals surface area contributed by atoms with Crippen molar-refractivity contribution in [2.24, 2.45) is 0 Å². The molecule has 1 aliphatic rings. The van der Waals surface area contributed by atoms with Gasteiger partial charge in [-0.2, -0.15) is 0 Å². The molecule has 0 aromatic carbocycles. The molecular formula is C7H15NO2S. The van der Waals surface area contributed by atoms with Gasteiger partial charge in [0.05, 0.1) is 11.5 Å². The highest BCUT2D eigenvalue weighted by Crippen LogP contribution is 2.22. The van der Waals surface area contributed by atoms with Gasteiger partial charge in [0.25, 0.3) is 0 Å². The molecule has 1 unspecified atom stereocenters. The molecule has 11 heavy (non-hydrogen) atoms. The Labute approximate surface area is 68.1 Å². The summed E-state index contributed by atoms with van der Waals surface area (Å²) in [7, 11) is -2.74. The van der Waals surface area contributed by atoms with Crippen molar-refractivity contribution in [3.05, 3.63) is 0 Å². The van der Waals surface area contributed by atoms with E-state index in [1.165, 1.54) is 0 Å². The van der Waals surface area contributed by atoms with Crippen LogP contribution >= 0.6 is 0 Å². The van der Waals surface area contributed by atoms with Crippen LogP contribution in [0.1, 0.15) is 20.3 Å². The summed E-state index contributed by atoms with van der Waals surface area (Å²) in [6.45, 7) is 4.81. The van der Waals surface area contributed by atoms with Crippen LogP contribution in [0.2, 0.25) is 0 Å². The molecule has 0 aliphatic carbocycles. The molecule has 1 rings (SSSR count). The van der Waals surface area contributed by atoms with Gasteiger partial charge >= 0.3 is 0 Å². The molecule has 0 aromatic rings. The molecule has 1 N–H and O–H groups in total. The second-order valence-corrected chi connectivity index (χ2v) is 5.62. The third-order valence-corrected chi connectivity index (χ3v) is 4.01. The van der Waals surface area contributed by atoms with Crippen LogP contribution in [-0.4, -0.2) is 32.0 Å². The molecule has 1 atom stereocenters. The Kier molecular flexibility index (Phi) is 2.25.